The van der Waals surface area contributed by atoms with Gasteiger partial charge in [-0.25, -0.2) is 4.79 Å². The van der Waals surface area contributed by atoms with Gasteiger partial charge >= 0.3 is 16.2 Å². The fourth-order valence-corrected chi connectivity index (χ4v) is 2.75. The Balaban J connectivity index is 2.51. The van der Waals surface area contributed by atoms with Crippen LogP contribution in [0.3, 0.4) is 0 Å². The van der Waals surface area contributed by atoms with Gasteiger partial charge in [-0.3, -0.25) is 0 Å². The molecule has 0 radical (unpaired) electrons. The molecule has 0 aromatic heterocycles. The van der Waals surface area contributed by atoms with Crippen molar-refractivity contribution in [3.8, 4) is 0 Å². The number of benzene rings is 1. The number of hydrogen-bond donors (Lipinski definition) is 0. The van der Waals surface area contributed by atoms with E-state index in [0.717, 1.165) is 0 Å². The summed E-state index contributed by atoms with van der Waals surface area (Å²) in [7, 11) is -4.71. The minimum Gasteiger partial charge on any atom is -0.450 e. The minimum atomic E-state index is -4.71. The average molecular weight is 244 g/mol. The van der Waals surface area contributed by atoms with E-state index >= 15 is 0 Å². The first-order valence-corrected chi connectivity index (χ1v) is 6.12. The topological polar surface area (TPSA) is 60.4 Å². The summed E-state index contributed by atoms with van der Waals surface area (Å²) in [6.45, 7) is 1.38. The zero-order valence-corrected chi connectivity index (χ0v) is 9.25. The van der Waals surface area contributed by atoms with Gasteiger partial charge in [0.05, 0.1) is 5.56 Å². The first-order chi connectivity index (χ1) is 7.32. The third kappa shape index (κ3) is 1.80. The van der Waals surface area contributed by atoms with E-state index in [2.05, 4.69) is 0 Å². The van der Waals surface area contributed by atoms with Crippen LogP contribution in [0.25, 0.3) is 0 Å². The van der Waals surface area contributed by atoms with Crippen molar-refractivity contribution < 1.29 is 21.8 Å². The number of esters is 1. The van der Waals surface area contributed by atoms with Crippen LogP contribution in [0.15, 0.2) is 24.3 Å². The van der Waals surface area contributed by atoms with Crippen molar-refractivity contribution in [1.29, 1.82) is 0 Å². The Hall–Kier alpha value is -1.43. The molecule has 0 aliphatic carbocycles. The lowest BCUT2D eigenvalue weighted by Crippen LogP contribution is -2.30. The summed E-state index contributed by atoms with van der Waals surface area (Å²) in [6, 6.07) is 6.36. The van der Waals surface area contributed by atoms with Crippen molar-refractivity contribution in [2.45, 2.75) is 12.5 Å². The highest BCUT2D eigenvalue weighted by Crippen LogP contribution is 2.37. The van der Waals surface area contributed by atoms with E-state index < -0.39 is 27.5 Å². The van der Waals surface area contributed by atoms with E-state index in [0.29, 0.717) is 5.56 Å². The maximum Gasteiger partial charge on any atom is 0.339 e. The molecule has 1 aromatic carbocycles. The Morgan fingerprint density at radius 3 is 2.62 bits per heavy atom. The number of carbonyl (C=O) groups is 1. The lowest BCUT2D eigenvalue weighted by Gasteiger charge is -2.21. The van der Waals surface area contributed by atoms with Crippen LogP contribution in [0, 0.1) is 0 Å². The Kier molecular flexibility index (Phi) is 2.27. The van der Waals surface area contributed by atoms with Crippen LogP contribution in [0.4, 0.5) is 3.89 Å². The van der Waals surface area contributed by atoms with Crippen LogP contribution in [-0.2, 0) is 20.6 Å². The zero-order valence-electron chi connectivity index (χ0n) is 8.44. The van der Waals surface area contributed by atoms with Crippen molar-refractivity contribution in [2.75, 3.05) is 5.75 Å². The lowest BCUT2D eigenvalue weighted by atomic mass is 9.96. The lowest BCUT2D eigenvalue weighted by molar-refractivity contribution is 0.0107. The number of fused-ring (bicyclic) bond motifs is 1. The minimum absolute atomic E-state index is 0.286. The Morgan fingerprint density at radius 2 is 2.00 bits per heavy atom. The highest BCUT2D eigenvalue weighted by atomic mass is 32.3. The molecule has 1 aliphatic heterocycles. The van der Waals surface area contributed by atoms with Crippen LogP contribution >= 0.6 is 0 Å². The molecule has 1 atom stereocenters. The molecule has 0 saturated heterocycles. The smallest absolute Gasteiger partial charge is 0.339 e. The Morgan fingerprint density at radius 1 is 1.38 bits per heavy atom. The first-order valence-electron chi connectivity index (χ1n) is 4.57. The molecular formula is C10H9FO4S. The molecule has 1 aliphatic rings. The standard InChI is InChI=1S/C10H9FO4S/c1-10(6-16(11,13)14)8-5-3-2-4-7(8)9(12)15-10/h2-5H,6H2,1H3. The van der Waals surface area contributed by atoms with E-state index in [-0.39, 0.29) is 5.56 Å². The second-order valence-corrected chi connectivity index (χ2v) is 5.22. The van der Waals surface area contributed by atoms with E-state index in [1.165, 1.54) is 13.0 Å². The van der Waals surface area contributed by atoms with Gasteiger partial charge in [-0.15, -0.1) is 3.89 Å². The molecule has 0 saturated carbocycles. The number of ether oxygens (including phenoxy) is 1. The third-order valence-corrected chi connectivity index (χ3v) is 3.38. The van der Waals surface area contributed by atoms with Gasteiger partial charge in [-0.2, -0.15) is 8.42 Å². The van der Waals surface area contributed by atoms with Crippen LogP contribution in [0.1, 0.15) is 22.8 Å². The predicted octanol–water partition coefficient (Wildman–Crippen LogP) is 1.37. The second kappa shape index (κ2) is 3.28. The average Bonchev–Trinajstić information content (AvgIpc) is 2.37. The number of hydrogen-bond acceptors (Lipinski definition) is 4. The fourth-order valence-electron chi connectivity index (χ4n) is 1.87. The van der Waals surface area contributed by atoms with E-state index in [4.69, 9.17) is 4.74 Å². The van der Waals surface area contributed by atoms with Gasteiger partial charge in [-0.1, -0.05) is 18.2 Å². The normalized spacial score (nSPS) is 24.0. The molecule has 2 rings (SSSR count). The van der Waals surface area contributed by atoms with E-state index in [1.54, 1.807) is 18.2 Å². The highest BCUT2D eigenvalue weighted by Gasteiger charge is 2.44. The monoisotopic (exact) mass is 244 g/mol. The molecule has 0 amide bonds. The van der Waals surface area contributed by atoms with Crippen LogP contribution in [-0.4, -0.2) is 20.1 Å². The molecule has 6 heteroatoms. The van der Waals surface area contributed by atoms with Crippen LogP contribution in [0.2, 0.25) is 0 Å². The molecular weight excluding hydrogens is 235 g/mol. The molecule has 0 fully saturated rings. The summed E-state index contributed by atoms with van der Waals surface area (Å²) in [5.41, 5.74) is -0.740. The van der Waals surface area contributed by atoms with Gasteiger partial charge < -0.3 is 4.74 Å². The molecule has 16 heavy (non-hydrogen) atoms. The summed E-state index contributed by atoms with van der Waals surface area (Å²) >= 11 is 0. The summed E-state index contributed by atoms with van der Waals surface area (Å²) in [6.07, 6.45) is 0. The molecule has 1 aromatic rings. The van der Waals surface area contributed by atoms with Gasteiger partial charge in [0.1, 0.15) is 5.75 Å². The van der Waals surface area contributed by atoms with Gasteiger partial charge in [0, 0.05) is 5.56 Å². The zero-order chi connectivity index (χ0) is 12.0. The van der Waals surface area contributed by atoms with Crippen molar-refractivity contribution in [3.05, 3.63) is 35.4 Å². The van der Waals surface area contributed by atoms with Crippen molar-refractivity contribution >= 4 is 16.2 Å². The van der Waals surface area contributed by atoms with Gasteiger partial charge in [0.15, 0.2) is 5.60 Å². The SMILES string of the molecule is CC1(CS(=O)(=O)F)OC(=O)c2ccccc21. The number of carbonyl (C=O) groups excluding carboxylic acids is 1. The Bertz CT molecular complexity index is 552. The quantitative estimate of drug-likeness (QED) is 0.582. The van der Waals surface area contributed by atoms with Gasteiger partial charge in [0.2, 0.25) is 0 Å². The number of cyclic esters (lactones) is 1. The van der Waals surface area contributed by atoms with Gasteiger partial charge in [-0.05, 0) is 13.0 Å². The molecule has 0 spiro atoms. The Labute approximate surface area is 92.2 Å². The number of halogens is 1. The molecule has 86 valence electrons. The molecule has 1 heterocycles. The second-order valence-electron chi connectivity index (χ2n) is 3.85. The maximum absolute atomic E-state index is 12.7. The predicted molar refractivity (Wildman–Crippen MR) is 54.1 cm³/mol. The fraction of sp³-hybridized carbons (Fsp3) is 0.300. The summed E-state index contributed by atoms with van der Waals surface area (Å²) in [5.74, 6) is -1.48. The molecule has 1 unspecified atom stereocenters. The largest absolute Gasteiger partial charge is 0.450 e. The molecule has 0 bridgehead atoms. The number of rotatable bonds is 2. The van der Waals surface area contributed by atoms with Crippen molar-refractivity contribution in [2.24, 2.45) is 0 Å². The summed E-state index contributed by atoms with van der Waals surface area (Å²) in [4.78, 5) is 11.4. The summed E-state index contributed by atoms with van der Waals surface area (Å²) in [5, 5.41) is 0. The van der Waals surface area contributed by atoms with Crippen LogP contribution in [0.5, 0.6) is 0 Å². The highest BCUT2D eigenvalue weighted by molar-refractivity contribution is 7.86. The maximum atomic E-state index is 12.7. The van der Waals surface area contributed by atoms with Crippen molar-refractivity contribution in [3.63, 3.8) is 0 Å². The first kappa shape index (κ1) is 11.1. The summed E-state index contributed by atoms with van der Waals surface area (Å²) < 4.78 is 38.9. The van der Waals surface area contributed by atoms with Crippen molar-refractivity contribution in [1.82, 2.24) is 0 Å². The molecule has 4 nitrogen and oxygen atoms in total. The molecule has 0 N–H and O–H groups in total. The van der Waals surface area contributed by atoms with E-state index in [9.17, 15) is 17.1 Å². The third-order valence-electron chi connectivity index (χ3n) is 2.48. The van der Waals surface area contributed by atoms with Gasteiger partial charge in [0.25, 0.3) is 0 Å². The van der Waals surface area contributed by atoms with Crippen LogP contribution < -0.4 is 0 Å². The van der Waals surface area contributed by atoms with E-state index in [1.807, 2.05) is 0 Å².